The molecule has 0 aliphatic carbocycles. The zero-order valence-electron chi connectivity index (χ0n) is 18.2. The highest BCUT2D eigenvalue weighted by Gasteiger charge is 2.24. The summed E-state index contributed by atoms with van der Waals surface area (Å²) in [4.78, 5) is 34.3. The van der Waals surface area contributed by atoms with Gasteiger partial charge in [0.1, 0.15) is 17.6 Å². The number of benzene rings is 2. The van der Waals surface area contributed by atoms with Gasteiger partial charge in [-0.3, -0.25) is 4.79 Å². The van der Waals surface area contributed by atoms with Crippen LogP contribution in [0.15, 0.2) is 66.7 Å². The van der Waals surface area contributed by atoms with Crippen molar-refractivity contribution >= 4 is 22.9 Å². The van der Waals surface area contributed by atoms with Gasteiger partial charge in [0, 0.05) is 7.05 Å². The van der Waals surface area contributed by atoms with E-state index in [4.69, 9.17) is 9.72 Å². The van der Waals surface area contributed by atoms with Gasteiger partial charge in [-0.1, -0.05) is 42.5 Å². The van der Waals surface area contributed by atoms with E-state index >= 15 is 0 Å². The van der Waals surface area contributed by atoms with Crippen molar-refractivity contribution in [2.75, 3.05) is 6.61 Å². The number of nitrogens with zero attached hydrogens (tertiary/aromatic N) is 3. The number of nitrogens with one attached hydrogen (secondary N) is 1. The summed E-state index contributed by atoms with van der Waals surface area (Å²) in [6.45, 7) is 3.70. The van der Waals surface area contributed by atoms with Crippen LogP contribution in [0.5, 0.6) is 0 Å². The number of carbonyl (C=O) groups excluding carboxylic acids is 2. The molecule has 1 unspecified atom stereocenters. The van der Waals surface area contributed by atoms with Crippen LogP contribution in [-0.2, 0) is 11.8 Å². The number of aryl methyl sites for hydroxylation is 2. The Hall–Kier alpha value is -4.00. The predicted octanol–water partition coefficient (Wildman–Crippen LogP) is 3.97. The van der Waals surface area contributed by atoms with E-state index in [1.54, 1.807) is 19.9 Å². The maximum atomic E-state index is 13.2. The quantitative estimate of drug-likeness (QED) is 0.470. The zero-order chi connectivity index (χ0) is 22.7. The summed E-state index contributed by atoms with van der Waals surface area (Å²) < 4.78 is 7.02. The fourth-order valence-electron chi connectivity index (χ4n) is 3.68. The van der Waals surface area contributed by atoms with E-state index in [0.29, 0.717) is 17.1 Å². The molecule has 2 aromatic carbocycles. The molecular formula is C25H24N4O3. The molecule has 0 aliphatic rings. The predicted molar refractivity (Wildman–Crippen MR) is 121 cm³/mol. The lowest BCUT2D eigenvalue weighted by Gasteiger charge is -2.19. The molecular weight excluding hydrogens is 404 g/mol. The number of aromatic nitrogens is 3. The molecule has 7 heteroatoms. The summed E-state index contributed by atoms with van der Waals surface area (Å²) in [7, 11) is 1.93. The average Bonchev–Trinajstić information content (AvgIpc) is 3.14. The molecule has 0 bridgehead atoms. The molecule has 0 saturated heterocycles. The zero-order valence-corrected chi connectivity index (χ0v) is 18.2. The lowest BCUT2D eigenvalue weighted by Crippen LogP contribution is -2.32. The highest BCUT2D eigenvalue weighted by Crippen LogP contribution is 2.25. The molecule has 2 aromatic heterocycles. The second kappa shape index (κ2) is 9.01. The van der Waals surface area contributed by atoms with E-state index in [9.17, 15) is 9.59 Å². The molecule has 0 saturated carbocycles. The molecule has 1 atom stereocenters. The SMILES string of the molecule is CCOC(=O)c1ccc(C(=O)NC(c2ccccc2)c2nc3ccccc3n2C)nc1C. The minimum Gasteiger partial charge on any atom is -0.462 e. The second-order valence-corrected chi connectivity index (χ2v) is 7.38. The molecule has 7 nitrogen and oxygen atoms in total. The summed E-state index contributed by atoms with van der Waals surface area (Å²) in [5.74, 6) is -0.0960. The average molecular weight is 428 g/mol. The topological polar surface area (TPSA) is 86.1 Å². The molecule has 1 N–H and O–H groups in total. The fraction of sp³-hybridized carbons (Fsp3) is 0.200. The third kappa shape index (κ3) is 4.09. The number of ether oxygens (including phenoxy) is 1. The van der Waals surface area contributed by atoms with Crippen LogP contribution in [0.3, 0.4) is 0 Å². The van der Waals surface area contributed by atoms with Gasteiger partial charge < -0.3 is 14.6 Å². The molecule has 162 valence electrons. The van der Waals surface area contributed by atoms with Crippen molar-refractivity contribution in [1.29, 1.82) is 0 Å². The Balaban J connectivity index is 1.69. The highest BCUT2D eigenvalue weighted by molar-refractivity contribution is 5.95. The minimum absolute atomic E-state index is 0.218. The van der Waals surface area contributed by atoms with Gasteiger partial charge in [-0.2, -0.15) is 0 Å². The van der Waals surface area contributed by atoms with Crippen molar-refractivity contribution in [3.63, 3.8) is 0 Å². The van der Waals surface area contributed by atoms with Crippen molar-refractivity contribution in [3.05, 3.63) is 95.1 Å². The van der Waals surface area contributed by atoms with Gasteiger partial charge in [-0.25, -0.2) is 14.8 Å². The number of hydrogen-bond acceptors (Lipinski definition) is 5. The van der Waals surface area contributed by atoms with E-state index in [1.165, 1.54) is 6.07 Å². The third-order valence-corrected chi connectivity index (χ3v) is 5.30. The van der Waals surface area contributed by atoms with Crippen molar-refractivity contribution < 1.29 is 14.3 Å². The Labute approximate surface area is 186 Å². The first-order chi connectivity index (χ1) is 15.5. The molecule has 32 heavy (non-hydrogen) atoms. The summed E-state index contributed by atoms with van der Waals surface area (Å²) >= 11 is 0. The standard InChI is InChI=1S/C25H24N4O3/c1-4-32-25(31)18-14-15-20(26-16(18)2)24(30)28-22(17-10-6-5-7-11-17)23-27-19-12-8-9-13-21(19)29(23)3/h5-15,22H,4H2,1-3H3,(H,28,30). The van der Waals surface area contributed by atoms with Crippen molar-refractivity contribution in [2.45, 2.75) is 19.9 Å². The van der Waals surface area contributed by atoms with Crippen molar-refractivity contribution in [3.8, 4) is 0 Å². The number of carbonyl (C=O) groups is 2. The second-order valence-electron chi connectivity index (χ2n) is 7.38. The highest BCUT2D eigenvalue weighted by atomic mass is 16.5. The molecule has 0 radical (unpaired) electrons. The first kappa shape index (κ1) is 21.2. The number of imidazole rings is 1. The van der Waals surface area contributed by atoms with Gasteiger partial charge in [0.2, 0.25) is 0 Å². The number of fused-ring (bicyclic) bond motifs is 1. The van der Waals surface area contributed by atoms with Crippen LogP contribution in [-0.4, -0.2) is 33.0 Å². The molecule has 0 aliphatic heterocycles. The van der Waals surface area contributed by atoms with Crippen LogP contribution in [0.1, 0.15) is 50.9 Å². The number of amides is 1. The number of esters is 1. The molecule has 4 aromatic rings. The molecule has 1 amide bonds. The summed E-state index contributed by atoms with van der Waals surface area (Å²) in [5.41, 5.74) is 3.74. The van der Waals surface area contributed by atoms with Crippen LogP contribution < -0.4 is 5.32 Å². The Morgan fingerprint density at radius 3 is 2.41 bits per heavy atom. The molecule has 0 fully saturated rings. The van der Waals surface area contributed by atoms with E-state index < -0.39 is 12.0 Å². The summed E-state index contributed by atoms with van der Waals surface area (Å²) in [6.07, 6.45) is 0. The van der Waals surface area contributed by atoms with Crippen LogP contribution in [0.25, 0.3) is 11.0 Å². The van der Waals surface area contributed by atoms with Crippen molar-refractivity contribution in [1.82, 2.24) is 19.9 Å². The normalized spacial score (nSPS) is 11.8. The van der Waals surface area contributed by atoms with Gasteiger partial charge in [0.05, 0.1) is 28.9 Å². The number of para-hydroxylation sites is 2. The first-order valence-corrected chi connectivity index (χ1v) is 10.4. The van der Waals surface area contributed by atoms with Crippen LogP contribution in [0.4, 0.5) is 0 Å². The van der Waals surface area contributed by atoms with Crippen LogP contribution in [0.2, 0.25) is 0 Å². The summed E-state index contributed by atoms with van der Waals surface area (Å²) in [6, 6.07) is 20.1. The van der Waals surface area contributed by atoms with E-state index in [2.05, 4.69) is 10.3 Å². The monoisotopic (exact) mass is 428 g/mol. The third-order valence-electron chi connectivity index (χ3n) is 5.30. The van der Waals surface area contributed by atoms with Gasteiger partial charge >= 0.3 is 5.97 Å². The minimum atomic E-state index is -0.479. The Morgan fingerprint density at radius 1 is 1.00 bits per heavy atom. The Bertz CT molecular complexity index is 1280. The van der Waals surface area contributed by atoms with Crippen LogP contribution >= 0.6 is 0 Å². The largest absolute Gasteiger partial charge is 0.462 e. The fourth-order valence-corrected chi connectivity index (χ4v) is 3.68. The van der Waals surface area contributed by atoms with E-state index in [1.807, 2.05) is 66.2 Å². The molecule has 4 rings (SSSR count). The number of hydrogen-bond donors (Lipinski definition) is 1. The lowest BCUT2D eigenvalue weighted by atomic mass is 10.1. The summed E-state index contributed by atoms with van der Waals surface area (Å²) in [5, 5.41) is 3.07. The molecule has 2 heterocycles. The van der Waals surface area contributed by atoms with Gasteiger partial charge in [-0.05, 0) is 43.7 Å². The maximum Gasteiger partial charge on any atom is 0.339 e. The van der Waals surface area contributed by atoms with E-state index in [0.717, 1.165) is 16.6 Å². The van der Waals surface area contributed by atoms with E-state index in [-0.39, 0.29) is 18.2 Å². The Kier molecular flexibility index (Phi) is 5.98. The Morgan fingerprint density at radius 2 is 1.72 bits per heavy atom. The van der Waals surface area contributed by atoms with Gasteiger partial charge in [0.15, 0.2) is 0 Å². The maximum absolute atomic E-state index is 13.2. The van der Waals surface area contributed by atoms with Gasteiger partial charge in [-0.15, -0.1) is 0 Å². The van der Waals surface area contributed by atoms with Gasteiger partial charge in [0.25, 0.3) is 5.91 Å². The smallest absolute Gasteiger partial charge is 0.339 e. The lowest BCUT2D eigenvalue weighted by molar-refractivity contribution is 0.0524. The number of rotatable bonds is 6. The van der Waals surface area contributed by atoms with Crippen LogP contribution in [0, 0.1) is 6.92 Å². The molecule has 0 spiro atoms. The first-order valence-electron chi connectivity index (χ1n) is 10.4. The number of pyridine rings is 1. The van der Waals surface area contributed by atoms with Crippen molar-refractivity contribution in [2.24, 2.45) is 7.05 Å².